The summed E-state index contributed by atoms with van der Waals surface area (Å²) in [5.74, 6) is 7.21. The van der Waals surface area contributed by atoms with Crippen LogP contribution in [0.25, 0.3) is 0 Å². The minimum Gasteiger partial charge on any atom is -0.472 e. The van der Waals surface area contributed by atoms with Gasteiger partial charge >= 0.3 is 0 Å². The molecule has 0 unspecified atom stereocenters. The third-order valence-electron chi connectivity index (χ3n) is 2.46. The Bertz CT molecular complexity index is 534. The molecule has 2 rings (SSSR count). The third kappa shape index (κ3) is 3.65. The van der Waals surface area contributed by atoms with Crippen LogP contribution in [0, 0.1) is 0 Å². The molecule has 0 fully saturated rings. The van der Waals surface area contributed by atoms with Crippen LogP contribution in [0.2, 0.25) is 0 Å². The molecule has 5 nitrogen and oxygen atoms in total. The van der Waals surface area contributed by atoms with E-state index in [0.717, 1.165) is 4.88 Å². The van der Waals surface area contributed by atoms with Gasteiger partial charge in [0.1, 0.15) is 18.2 Å². The Balaban J connectivity index is 2.19. The van der Waals surface area contributed by atoms with E-state index >= 15 is 0 Å². The first-order valence-electron chi connectivity index (χ1n) is 6.00. The molecule has 0 atom stereocenters. The molecule has 0 aliphatic heterocycles. The number of nitrogens with zero attached hydrogens (tertiary/aromatic N) is 2. The van der Waals surface area contributed by atoms with E-state index in [2.05, 4.69) is 15.4 Å². The van der Waals surface area contributed by atoms with E-state index in [1.807, 2.05) is 38.3 Å². The minimum absolute atomic E-state index is 0.159. The van der Waals surface area contributed by atoms with Crippen LogP contribution in [0.15, 0.2) is 23.6 Å². The van der Waals surface area contributed by atoms with Crippen LogP contribution in [0.5, 0.6) is 5.88 Å². The monoisotopic (exact) mass is 278 g/mol. The van der Waals surface area contributed by atoms with Crippen molar-refractivity contribution in [1.29, 1.82) is 0 Å². The third-order valence-corrected chi connectivity index (χ3v) is 3.31. The van der Waals surface area contributed by atoms with Gasteiger partial charge in [0, 0.05) is 16.4 Å². The predicted octanol–water partition coefficient (Wildman–Crippen LogP) is 2.70. The Morgan fingerprint density at radius 2 is 2.16 bits per heavy atom. The first-order chi connectivity index (χ1) is 8.99. The number of hydrogen-bond donors (Lipinski definition) is 2. The van der Waals surface area contributed by atoms with E-state index in [9.17, 15) is 0 Å². The fourth-order valence-electron chi connectivity index (χ4n) is 1.45. The molecule has 6 heteroatoms. The predicted molar refractivity (Wildman–Crippen MR) is 77.2 cm³/mol. The summed E-state index contributed by atoms with van der Waals surface area (Å²) >= 11 is 1.65. The molecule has 102 valence electrons. The van der Waals surface area contributed by atoms with Crippen molar-refractivity contribution in [3.05, 3.63) is 34.3 Å². The Hall–Kier alpha value is -1.66. The first kappa shape index (κ1) is 13.8. The molecule has 0 aromatic carbocycles. The molecular weight excluding hydrogens is 260 g/mol. The summed E-state index contributed by atoms with van der Waals surface area (Å²) in [7, 11) is 0. The highest BCUT2D eigenvalue weighted by atomic mass is 32.1. The summed E-state index contributed by atoms with van der Waals surface area (Å²) in [5.41, 5.74) is 2.39. The second kappa shape index (κ2) is 5.54. The molecule has 0 saturated carbocycles. The number of thiophene rings is 1. The maximum atomic E-state index is 5.69. The highest BCUT2D eigenvalue weighted by Gasteiger charge is 2.19. The standard InChI is InChI=1S/C13H18N4OS/c1-13(2,3)12-15-10(17-14)7-11(16-12)18-8-9-5-4-6-19-9/h4-7H,8,14H2,1-3H3,(H,15,16,17). The van der Waals surface area contributed by atoms with E-state index in [1.165, 1.54) is 0 Å². The van der Waals surface area contributed by atoms with Crippen molar-refractivity contribution in [1.82, 2.24) is 9.97 Å². The van der Waals surface area contributed by atoms with Gasteiger partial charge in [0.15, 0.2) is 0 Å². The zero-order valence-corrected chi connectivity index (χ0v) is 12.1. The molecule has 0 radical (unpaired) electrons. The van der Waals surface area contributed by atoms with Crippen LogP contribution >= 0.6 is 11.3 Å². The molecule has 2 aromatic rings. The lowest BCUT2D eigenvalue weighted by molar-refractivity contribution is 0.293. The van der Waals surface area contributed by atoms with Gasteiger partial charge in [0.2, 0.25) is 5.88 Å². The zero-order chi connectivity index (χ0) is 13.9. The summed E-state index contributed by atoms with van der Waals surface area (Å²) in [6.45, 7) is 6.64. The van der Waals surface area contributed by atoms with Gasteiger partial charge in [-0.3, -0.25) is 0 Å². The number of ether oxygens (including phenoxy) is 1. The smallest absolute Gasteiger partial charge is 0.219 e. The summed E-state index contributed by atoms with van der Waals surface area (Å²) in [4.78, 5) is 9.92. The Labute approximate surface area is 116 Å². The molecule has 0 bridgehead atoms. The second-order valence-corrected chi connectivity index (χ2v) is 6.21. The molecule has 0 spiro atoms. The van der Waals surface area contributed by atoms with Gasteiger partial charge in [-0.15, -0.1) is 11.3 Å². The normalized spacial score (nSPS) is 11.4. The number of hydrogen-bond acceptors (Lipinski definition) is 6. The molecule has 2 aromatic heterocycles. The Morgan fingerprint density at radius 1 is 1.37 bits per heavy atom. The number of nitrogens with two attached hydrogens (primary N) is 1. The fourth-order valence-corrected chi connectivity index (χ4v) is 2.06. The SMILES string of the molecule is CC(C)(C)c1nc(NN)cc(OCc2cccs2)n1. The molecule has 0 aliphatic rings. The lowest BCUT2D eigenvalue weighted by atomic mass is 9.96. The van der Waals surface area contributed by atoms with Crippen LogP contribution in [0.4, 0.5) is 5.82 Å². The van der Waals surface area contributed by atoms with Crippen LogP contribution < -0.4 is 16.0 Å². The van der Waals surface area contributed by atoms with Crippen molar-refractivity contribution in [2.24, 2.45) is 5.84 Å². The summed E-state index contributed by atoms with van der Waals surface area (Å²) in [5, 5.41) is 2.02. The van der Waals surface area contributed by atoms with Crippen molar-refractivity contribution < 1.29 is 4.74 Å². The lowest BCUT2D eigenvalue weighted by Gasteiger charge is -2.18. The number of hydrazine groups is 1. The van der Waals surface area contributed by atoms with Gasteiger partial charge in [-0.25, -0.2) is 10.8 Å². The Morgan fingerprint density at radius 3 is 2.74 bits per heavy atom. The van der Waals surface area contributed by atoms with E-state index in [4.69, 9.17) is 10.6 Å². The van der Waals surface area contributed by atoms with Crippen LogP contribution in [0.3, 0.4) is 0 Å². The van der Waals surface area contributed by atoms with Crippen molar-refractivity contribution >= 4 is 17.2 Å². The van der Waals surface area contributed by atoms with E-state index in [0.29, 0.717) is 24.1 Å². The molecule has 19 heavy (non-hydrogen) atoms. The van der Waals surface area contributed by atoms with Crippen molar-refractivity contribution in [2.75, 3.05) is 5.43 Å². The van der Waals surface area contributed by atoms with Gasteiger partial charge in [-0.2, -0.15) is 4.98 Å². The molecule has 3 N–H and O–H groups in total. The lowest BCUT2D eigenvalue weighted by Crippen LogP contribution is -2.19. The van der Waals surface area contributed by atoms with E-state index < -0.39 is 0 Å². The van der Waals surface area contributed by atoms with Gasteiger partial charge < -0.3 is 10.2 Å². The second-order valence-electron chi connectivity index (χ2n) is 5.18. The first-order valence-corrected chi connectivity index (χ1v) is 6.88. The fraction of sp³-hybridized carbons (Fsp3) is 0.385. The van der Waals surface area contributed by atoms with Crippen LogP contribution in [-0.2, 0) is 12.0 Å². The van der Waals surface area contributed by atoms with Gasteiger partial charge in [-0.05, 0) is 11.4 Å². The minimum atomic E-state index is -0.159. The maximum absolute atomic E-state index is 5.69. The number of aromatic nitrogens is 2. The molecule has 0 aliphatic carbocycles. The quantitative estimate of drug-likeness (QED) is 0.664. The largest absolute Gasteiger partial charge is 0.472 e. The van der Waals surface area contributed by atoms with Crippen LogP contribution in [0.1, 0.15) is 31.5 Å². The van der Waals surface area contributed by atoms with Gasteiger partial charge in [0.05, 0.1) is 0 Å². The van der Waals surface area contributed by atoms with Crippen LogP contribution in [-0.4, -0.2) is 9.97 Å². The number of anilines is 1. The summed E-state index contributed by atoms with van der Waals surface area (Å²) in [6.07, 6.45) is 0. The van der Waals surface area contributed by atoms with Gasteiger partial charge in [-0.1, -0.05) is 26.8 Å². The molecular formula is C13H18N4OS. The summed E-state index contributed by atoms with van der Waals surface area (Å²) in [6, 6.07) is 5.72. The van der Waals surface area contributed by atoms with E-state index in [1.54, 1.807) is 17.4 Å². The number of rotatable bonds is 4. The average Bonchev–Trinajstić information content (AvgIpc) is 2.88. The Kier molecular flexibility index (Phi) is 4.01. The average molecular weight is 278 g/mol. The molecule has 2 heterocycles. The molecule has 0 amide bonds. The molecule has 0 saturated heterocycles. The van der Waals surface area contributed by atoms with E-state index in [-0.39, 0.29) is 5.41 Å². The number of nitrogens with one attached hydrogen (secondary N) is 1. The highest BCUT2D eigenvalue weighted by molar-refractivity contribution is 7.09. The van der Waals surface area contributed by atoms with Crippen molar-refractivity contribution in [3.63, 3.8) is 0 Å². The highest BCUT2D eigenvalue weighted by Crippen LogP contribution is 2.23. The van der Waals surface area contributed by atoms with Crippen molar-refractivity contribution in [2.45, 2.75) is 32.8 Å². The number of nitrogen functional groups attached to an aromatic ring is 1. The van der Waals surface area contributed by atoms with Crippen molar-refractivity contribution in [3.8, 4) is 5.88 Å². The maximum Gasteiger partial charge on any atom is 0.219 e. The summed E-state index contributed by atoms with van der Waals surface area (Å²) < 4.78 is 5.69. The van der Waals surface area contributed by atoms with Gasteiger partial charge in [0.25, 0.3) is 0 Å². The zero-order valence-electron chi connectivity index (χ0n) is 11.3. The topological polar surface area (TPSA) is 73.1 Å².